The average molecular weight is 672 g/mol. The maximum Gasteiger partial charge on any atom is 0.271 e. The lowest BCUT2D eigenvalue weighted by molar-refractivity contribution is -0.123. The summed E-state index contributed by atoms with van der Waals surface area (Å²) in [5.74, 6) is 0.574. The van der Waals surface area contributed by atoms with Crippen LogP contribution in [0.1, 0.15) is 84.5 Å². The van der Waals surface area contributed by atoms with E-state index >= 15 is 0 Å². The second-order valence-electron chi connectivity index (χ2n) is 13.2. The summed E-state index contributed by atoms with van der Waals surface area (Å²) in [6.07, 6.45) is 4.57. The number of carbonyl (C=O) groups is 3. The third-order valence-electron chi connectivity index (χ3n) is 8.22. The first-order valence-electron chi connectivity index (χ1n) is 16.5. The molecule has 1 aliphatic rings. The molecule has 48 heavy (non-hydrogen) atoms. The number of carbonyl (C=O) groups excluding carboxylic acids is 3. The number of hydrogen-bond donors (Lipinski definition) is 3. The Labute approximate surface area is 285 Å². The Balaban J connectivity index is 1.53. The normalized spacial score (nSPS) is 20.1. The molecule has 0 fully saturated rings. The topological polar surface area (TPSA) is 147 Å². The molecule has 4 heterocycles. The maximum atomic E-state index is 13.7. The zero-order chi connectivity index (χ0) is 34.2. The van der Waals surface area contributed by atoms with Crippen molar-refractivity contribution in [2.45, 2.75) is 78.7 Å². The van der Waals surface area contributed by atoms with Crippen molar-refractivity contribution in [3.63, 3.8) is 0 Å². The van der Waals surface area contributed by atoms with Gasteiger partial charge in [0.05, 0.1) is 18.6 Å². The van der Waals surface area contributed by atoms with Crippen LogP contribution in [0.15, 0.2) is 60.2 Å². The first-order chi connectivity index (χ1) is 23.0. The predicted molar refractivity (Wildman–Crippen MR) is 184 cm³/mol. The highest BCUT2D eigenvalue weighted by Crippen LogP contribution is 2.26. The number of hydrogen-bond acceptors (Lipinski definition) is 9. The summed E-state index contributed by atoms with van der Waals surface area (Å²) >= 11 is 1.36. The van der Waals surface area contributed by atoms with Crippen molar-refractivity contribution in [1.29, 1.82) is 0 Å². The molecular weight excluding hydrogens is 627 g/mol. The number of aryl methyl sites for hydroxylation is 1. The zero-order valence-corrected chi connectivity index (χ0v) is 29.0. The van der Waals surface area contributed by atoms with Gasteiger partial charge < -0.3 is 16.0 Å². The minimum absolute atomic E-state index is 0.0760. The molecule has 0 aliphatic carbocycles. The molecule has 0 saturated heterocycles. The molecule has 5 rings (SSSR count). The van der Waals surface area contributed by atoms with Gasteiger partial charge in [0.1, 0.15) is 23.1 Å². The number of nitrogens with one attached hydrogen (secondary N) is 3. The first kappa shape index (κ1) is 34.8. The predicted octanol–water partition coefficient (Wildman–Crippen LogP) is 4.01. The van der Waals surface area contributed by atoms with Gasteiger partial charge in [0, 0.05) is 36.9 Å². The van der Waals surface area contributed by atoms with Crippen molar-refractivity contribution in [2.75, 3.05) is 13.1 Å². The first-order valence-corrected chi connectivity index (χ1v) is 17.3. The molecule has 0 saturated carbocycles. The zero-order valence-electron chi connectivity index (χ0n) is 28.2. The standard InChI is InChI=1S/C35H45N9O3S/c1-22(2)15-28-35-41-30(21-48-35)34(47)40-27(16-25-9-7-6-8-10-25)33-37-24(5)42-44(33)20-32(46)39-29(23(3)4)18-43(19-31(45)38-28)17-26-11-13-36-14-12-26/h6-14,21-23,27-29H,15-20H2,1-5H3,(H,38,45)(H,39,46)(H,40,47)/t27-,28-,29+/m0/s1. The van der Waals surface area contributed by atoms with E-state index in [1.54, 1.807) is 29.4 Å². The fourth-order valence-corrected chi connectivity index (χ4v) is 6.71. The van der Waals surface area contributed by atoms with E-state index in [1.807, 2.05) is 47.4 Å². The number of aromatic nitrogens is 5. The number of rotatable bonds is 7. The largest absolute Gasteiger partial charge is 0.350 e. The minimum atomic E-state index is -0.583. The Bertz CT molecular complexity index is 1670. The lowest BCUT2D eigenvalue weighted by Gasteiger charge is -2.31. The van der Waals surface area contributed by atoms with Crippen LogP contribution in [0.25, 0.3) is 0 Å². The Morgan fingerprint density at radius 2 is 1.60 bits per heavy atom. The molecule has 3 atom stereocenters. The Morgan fingerprint density at radius 1 is 0.875 bits per heavy atom. The number of benzene rings is 1. The number of fused-ring (bicyclic) bond motifs is 3. The highest BCUT2D eigenvalue weighted by Gasteiger charge is 2.29. The smallest absolute Gasteiger partial charge is 0.271 e. The number of pyridine rings is 1. The number of thiazole rings is 1. The number of nitrogens with zero attached hydrogens (tertiary/aromatic N) is 6. The van der Waals surface area contributed by atoms with Crippen LogP contribution in [-0.2, 0) is 29.1 Å². The molecule has 1 aliphatic heterocycles. The van der Waals surface area contributed by atoms with Gasteiger partial charge in [-0.25, -0.2) is 14.6 Å². The fraction of sp³-hybridized carbons (Fsp3) is 0.457. The molecule has 12 nitrogen and oxygen atoms in total. The summed E-state index contributed by atoms with van der Waals surface area (Å²) in [7, 11) is 0. The van der Waals surface area contributed by atoms with Crippen molar-refractivity contribution in [1.82, 2.24) is 45.6 Å². The summed E-state index contributed by atoms with van der Waals surface area (Å²) in [4.78, 5) is 56.7. The second-order valence-corrected chi connectivity index (χ2v) is 14.0. The average Bonchev–Trinajstić information content (AvgIpc) is 3.67. The van der Waals surface area contributed by atoms with E-state index in [2.05, 4.69) is 53.7 Å². The Morgan fingerprint density at radius 3 is 2.31 bits per heavy atom. The summed E-state index contributed by atoms with van der Waals surface area (Å²) in [6.45, 7) is 11.0. The molecule has 3 amide bonds. The molecule has 0 unspecified atom stereocenters. The minimum Gasteiger partial charge on any atom is -0.350 e. The molecule has 254 valence electrons. The van der Waals surface area contributed by atoms with Crippen molar-refractivity contribution in [3.05, 3.63) is 93.7 Å². The van der Waals surface area contributed by atoms with Crippen LogP contribution in [0.2, 0.25) is 0 Å². The lowest BCUT2D eigenvalue weighted by atomic mass is 10.0. The van der Waals surface area contributed by atoms with E-state index in [-0.39, 0.29) is 60.4 Å². The number of amides is 3. The second kappa shape index (κ2) is 16.1. The maximum absolute atomic E-state index is 13.7. The van der Waals surface area contributed by atoms with Crippen molar-refractivity contribution >= 4 is 29.1 Å². The van der Waals surface area contributed by atoms with Gasteiger partial charge in [-0.15, -0.1) is 11.3 Å². The molecule has 4 aromatic rings. The van der Waals surface area contributed by atoms with Gasteiger partial charge in [-0.2, -0.15) is 5.10 Å². The van der Waals surface area contributed by atoms with E-state index in [0.717, 1.165) is 11.1 Å². The van der Waals surface area contributed by atoms with E-state index in [4.69, 9.17) is 9.97 Å². The van der Waals surface area contributed by atoms with Crippen LogP contribution < -0.4 is 16.0 Å². The molecule has 0 radical (unpaired) electrons. The highest BCUT2D eigenvalue weighted by atomic mass is 32.1. The van der Waals surface area contributed by atoms with E-state index in [0.29, 0.717) is 42.6 Å². The highest BCUT2D eigenvalue weighted by molar-refractivity contribution is 7.09. The quantitative estimate of drug-likeness (QED) is 0.267. The third kappa shape index (κ3) is 9.54. The molecular formula is C35H45N9O3S. The molecule has 0 spiro atoms. The van der Waals surface area contributed by atoms with Crippen molar-refractivity contribution in [2.24, 2.45) is 11.8 Å². The van der Waals surface area contributed by atoms with Crippen molar-refractivity contribution < 1.29 is 14.4 Å². The van der Waals surface area contributed by atoms with Gasteiger partial charge in [0.25, 0.3) is 5.91 Å². The lowest BCUT2D eigenvalue weighted by Crippen LogP contribution is -2.50. The van der Waals surface area contributed by atoms with Crippen LogP contribution in [0.4, 0.5) is 0 Å². The van der Waals surface area contributed by atoms with Gasteiger partial charge >= 0.3 is 0 Å². The van der Waals surface area contributed by atoms with Crippen LogP contribution >= 0.6 is 11.3 Å². The van der Waals surface area contributed by atoms with E-state index in [1.165, 1.54) is 11.3 Å². The summed E-state index contributed by atoms with van der Waals surface area (Å²) in [5.41, 5.74) is 2.27. The van der Waals surface area contributed by atoms with E-state index in [9.17, 15) is 14.4 Å². The van der Waals surface area contributed by atoms with Gasteiger partial charge in [-0.3, -0.25) is 24.3 Å². The fourth-order valence-electron chi connectivity index (χ4n) is 5.84. The molecule has 1 aromatic carbocycles. The summed E-state index contributed by atoms with van der Waals surface area (Å²) in [6, 6.07) is 12.5. The monoisotopic (exact) mass is 671 g/mol. The summed E-state index contributed by atoms with van der Waals surface area (Å²) < 4.78 is 1.58. The van der Waals surface area contributed by atoms with Gasteiger partial charge in [-0.1, -0.05) is 58.0 Å². The van der Waals surface area contributed by atoms with Gasteiger partial charge in [0.15, 0.2) is 5.82 Å². The van der Waals surface area contributed by atoms with Crippen molar-refractivity contribution in [3.8, 4) is 0 Å². The van der Waals surface area contributed by atoms with Crippen LogP contribution in [0, 0.1) is 18.8 Å². The van der Waals surface area contributed by atoms with Crippen LogP contribution in [0.5, 0.6) is 0 Å². The molecule has 3 N–H and O–H groups in total. The Hall–Kier alpha value is -4.49. The summed E-state index contributed by atoms with van der Waals surface area (Å²) in [5, 5.41) is 16.5. The van der Waals surface area contributed by atoms with Gasteiger partial charge in [0.2, 0.25) is 11.8 Å². The molecule has 2 bridgehead atoms. The van der Waals surface area contributed by atoms with Gasteiger partial charge in [-0.05, 0) is 54.9 Å². The third-order valence-corrected chi connectivity index (χ3v) is 9.18. The van der Waals surface area contributed by atoms with Crippen LogP contribution in [-0.4, -0.2) is 66.5 Å². The molecule has 13 heteroatoms. The van der Waals surface area contributed by atoms with Crippen LogP contribution in [0.3, 0.4) is 0 Å². The SMILES string of the molecule is Cc1nc2n(n1)CC(=O)N[C@@H](C(C)C)CN(Cc1ccncc1)CC(=O)N[C@@H](CC(C)C)c1nc(cs1)C(=O)N[C@H]2Cc1ccccc1. The van der Waals surface area contributed by atoms with E-state index < -0.39 is 6.04 Å². The molecule has 3 aromatic heterocycles. The Kier molecular flexibility index (Phi) is 11.7.